The molecule has 5 nitrogen and oxygen atoms in total. The van der Waals surface area contributed by atoms with Gasteiger partial charge in [0.25, 0.3) is 0 Å². The molecular formula is C18H17N5S. The van der Waals surface area contributed by atoms with Gasteiger partial charge in [0.15, 0.2) is 0 Å². The van der Waals surface area contributed by atoms with Crippen molar-refractivity contribution in [3.05, 3.63) is 58.2 Å². The summed E-state index contributed by atoms with van der Waals surface area (Å²) < 4.78 is 4.02. The Morgan fingerprint density at radius 3 is 2.75 bits per heavy atom. The second-order valence-electron chi connectivity index (χ2n) is 5.82. The van der Waals surface area contributed by atoms with Gasteiger partial charge >= 0.3 is 0 Å². The maximum atomic E-state index is 4.69. The molecule has 6 heteroatoms. The van der Waals surface area contributed by atoms with Crippen molar-refractivity contribution in [2.75, 3.05) is 0 Å². The van der Waals surface area contributed by atoms with Crippen LogP contribution in [0.4, 0.5) is 0 Å². The highest BCUT2D eigenvalue weighted by molar-refractivity contribution is 7.08. The van der Waals surface area contributed by atoms with Crippen LogP contribution >= 0.6 is 11.3 Å². The van der Waals surface area contributed by atoms with Crippen LogP contribution in [-0.4, -0.2) is 23.9 Å². The van der Waals surface area contributed by atoms with Gasteiger partial charge in [-0.2, -0.15) is 11.3 Å². The lowest BCUT2D eigenvalue weighted by molar-refractivity contribution is 0.898. The first-order valence-corrected chi connectivity index (χ1v) is 8.62. The highest BCUT2D eigenvalue weighted by Gasteiger charge is 2.07. The average molecular weight is 335 g/mol. The molecule has 0 aliphatic rings. The van der Waals surface area contributed by atoms with Crippen LogP contribution in [0.5, 0.6) is 0 Å². The molecule has 0 N–H and O–H groups in total. The molecule has 0 spiro atoms. The molecule has 0 atom stereocenters. The fourth-order valence-corrected chi connectivity index (χ4v) is 3.36. The minimum absolute atomic E-state index is 0.728. The van der Waals surface area contributed by atoms with Gasteiger partial charge in [-0.05, 0) is 43.5 Å². The summed E-state index contributed by atoms with van der Waals surface area (Å²) in [5.74, 6) is 1.63. The van der Waals surface area contributed by atoms with Gasteiger partial charge in [0.05, 0.1) is 11.4 Å². The first-order valence-electron chi connectivity index (χ1n) is 7.67. The molecule has 4 heterocycles. The predicted molar refractivity (Wildman–Crippen MR) is 97.9 cm³/mol. The molecular weight excluding hydrogens is 318 g/mol. The van der Waals surface area contributed by atoms with E-state index < -0.39 is 0 Å². The van der Waals surface area contributed by atoms with E-state index in [0.717, 1.165) is 39.9 Å². The highest BCUT2D eigenvalue weighted by Crippen LogP contribution is 2.21. The number of rotatable bonds is 3. The highest BCUT2D eigenvalue weighted by atomic mass is 32.1. The zero-order chi connectivity index (χ0) is 16.7. The number of aromatic nitrogens is 5. The zero-order valence-electron chi connectivity index (χ0n) is 13.8. The standard InChI is InChI=1S/C18H17N5S/c1-12-8-13(2)23-9-15(20-18(23)19-12)4-5-17-21-16(10-22(17)3)14-6-7-24-11-14/h4-11H,1-3H3/b5-4+. The Labute approximate surface area is 144 Å². The van der Waals surface area contributed by atoms with Crippen molar-refractivity contribution >= 4 is 29.3 Å². The summed E-state index contributed by atoms with van der Waals surface area (Å²) in [6.07, 6.45) is 8.00. The van der Waals surface area contributed by atoms with Crippen molar-refractivity contribution in [3.8, 4) is 11.3 Å². The SMILES string of the molecule is Cc1cc(C)n2cc(/C=C/c3nc(-c4ccsc4)cn3C)nc2n1. The number of imidazole rings is 2. The first kappa shape index (κ1) is 14.8. The molecule has 24 heavy (non-hydrogen) atoms. The minimum Gasteiger partial charge on any atom is -0.334 e. The van der Waals surface area contributed by atoms with Gasteiger partial charge in [0.1, 0.15) is 5.82 Å². The van der Waals surface area contributed by atoms with Crippen molar-refractivity contribution in [1.29, 1.82) is 0 Å². The van der Waals surface area contributed by atoms with Crippen molar-refractivity contribution < 1.29 is 0 Å². The molecule has 0 unspecified atom stereocenters. The fraction of sp³-hybridized carbons (Fsp3) is 0.167. The van der Waals surface area contributed by atoms with Gasteiger partial charge in [0.2, 0.25) is 5.78 Å². The predicted octanol–water partition coefficient (Wildman–Crippen LogP) is 3.98. The average Bonchev–Trinajstić information content (AvgIpc) is 3.24. The second kappa shape index (κ2) is 5.72. The third kappa shape index (κ3) is 2.65. The third-order valence-corrected chi connectivity index (χ3v) is 4.60. The summed E-state index contributed by atoms with van der Waals surface area (Å²) >= 11 is 1.68. The zero-order valence-corrected chi connectivity index (χ0v) is 14.6. The van der Waals surface area contributed by atoms with Crippen molar-refractivity contribution in [2.24, 2.45) is 7.05 Å². The van der Waals surface area contributed by atoms with Crippen LogP contribution in [0, 0.1) is 13.8 Å². The summed E-state index contributed by atoms with van der Waals surface area (Å²) in [4.78, 5) is 13.7. The van der Waals surface area contributed by atoms with Crippen molar-refractivity contribution in [3.63, 3.8) is 0 Å². The fourth-order valence-electron chi connectivity index (χ4n) is 2.71. The molecule has 0 aromatic carbocycles. The van der Waals surface area contributed by atoms with Crippen LogP contribution in [0.25, 0.3) is 29.2 Å². The van der Waals surface area contributed by atoms with E-state index >= 15 is 0 Å². The normalized spacial score (nSPS) is 11.8. The molecule has 4 aromatic heterocycles. The van der Waals surface area contributed by atoms with Crippen LogP contribution in [0.15, 0.2) is 35.3 Å². The van der Waals surface area contributed by atoms with E-state index in [2.05, 4.69) is 38.7 Å². The van der Waals surface area contributed by atoms with E-state index in [1.165, 1.54) is 0 Å². The van der Waals surface area contributed by atoms with E-state index in [-0.39, 0.29) is 0 Å². The van der Waals surface area contributed by atoms with E-state index in [1.807, 2.05) is 53.6 Å². The van der Waals surface area contributed by atoms with Crippen molar-refractivity contribution in [1.82, 2.24) is 23.9 Å². The van der Waals surface area contributed by atoms with Gasteiger partial charge in [-0.25, -0.2) is 15.0 Å². The molecule has 0 aliphatic heterocycles. The van der Waals surface area contributed by atoms with E-state index in [0.29, 0.717) is 0 Å². The number of nitrogens with zero attached hydrogens (tertiary/aromatic N) is 5. The molecule has 0 saturated heterocycles. The Kier molecular flexibility index (Phi) is 3.54. The van der Waals surface area contributed by atoms with E-state index in [9.17, 15) is 0 Å². The van der Waals surface area contributed by atoms with Gasteiger partial charge in [-0.1, -0.05) is 0 Å². The number of hydrogen-bond acceptors (Lipinski definition) is 4. The lowest BCUT2D eigenvalue weighted by atomic mass is 10.3. The lowest BCUT2D eigenvalue weighted by Gasteiger charge is -1.98. The number of hydrogen-bond donors (Lipinski definition) is 0. The van der Waals surface area contributed by atoms with E-state index in [1.54, 1.807) is 11.3 Å². The number of aryl methyl sites for hydroxylation is 3. The largest absolute Gasteiger partial charge is 0.334 e. The van der Waals surface area contributed by atoms with Gasteiger partial charge in [0, 0.05) is 41.8 Å². The van der Waals surface area contributed by atoms with Crippen LogP contribution in [0.2, 0.25) is 0 Å². The first-order chi connectivity index (χ1) is 11.6. The van der Waals surface area contributed by atoms with Crippen LogP contribution < -0.4 is 0 Å². The van der Waals surface area contributed by atoms with Gasteiger partial charge in [-0.15, -0.1) is 0 Å². The summed E-state index contributed by atoms with van der Waals surface area (Å²) in [5.41, 5.74) is 5.11. The maximum Gasteiger partial charge on any atom is 0.234 e. The second-order valence-corrected chi connectivity index (χ2v) is 6.60. The Morgan fingerprint density at radius 1 is 1.08 bits per heavy atom. The van der Waals surface area contributed by atoms with Gasteiger partial charge < -0.3 is 4.57 Å². The van der Waals surface area contributed by atoms with Crippen LogP contribution in [0.1, 0.15) is 22.9 Å². The Bertz CT molecular complexity index is 1040. The molecule has 0 saturated carbocycles. The molecule has 0 bridgehead atoms. The minimum atomic E-state index is 0.728. The monoisotopic (exact) mass is 335 g/mol. The summed E-state index contributed by atoms with van der Waals surface area (Å²) in [5, 5.41) is 4.17. The van der Waals surface area contributed by atoms with Gasteiger partial charge in [-0.3, -0.25) is 4.40 Å². The maximum absolute atomic E-state index is 4.69. The summed E-state index contributed by atoms with van der Waals surface area (Å²) in [7, 11) is 2.00. The third-order valence-electron chi connectivity index (χ3n) is 3.91. The molecule has 120 valence electrons. The Balaban J connectivity index is 1.67. The molecule has 4 aromatic rings. The van der Waals surface area contributed by atoms with E-state index in [4.69, 9.17) is 0 Å². The lowest BCUT2D eigenvalue weighted by Crippen LogP contribution is -1.94. The molecule has 0 radical (unpaired) electrons. The smallest absolute Gasteiger partial charge is 0.234 e. The molecule has 0 aliphatic carbocycles. The molecule has 4 rings (SSSR count). The molecule has 0 amide bonds. The Morgan fingerprint density at radius 2 is 1.96 bits per heavy atom. The topological polar surface area (TPSA) is 48.0 Å². The Hall–Kier alpha value is -2.73. The molecule has 0 fully saturated rings. The summed E-state index contributed by atoms with van der Waals surface area (Å²) in [6, 6.07) is 4.13. The quantitative estimate of drug-likeness (QED) is 0.569. The van der Waals surface area contributed by atoms with Crippen LogP contribution in [0.3, 0.4) is 0 Å². The number of fused-ring (bicyclic) bond motifs is 1. The number of thiophene rings is 1. The van der Waals surface area contributed by atoms with Crippen molar-refractivity contribution in [2.45, 2.75) is 13.8 Å². The summed E-state index contributed by atoms with van der Waals surface area (Å²) in [6.45, 7) is 4.04. The van der Waals surface area contributed by atoms with Crippen LogP contribution in [-0.2, 0) is 7.05 Å².